The van der Waals surface area contributed by atoms with E-state index in [0.717, 1.165) is 11.8 Å². The number of aryl methyl sites for hydroxylation is 1. The van der Waals surface area contributed by atoms with Crippen LogP contribution >= 0.6 is 11.6 Å². The number of nitrogens with one attached hydrogen (secondary N) is 1. The highest BCUT2D eigenvalue weighted by molar-refractivity contribution is 7.92. The van der Waals surface area contributed by atoms with Crippen molar-refractivity contribution in [2.45, 2.75) is 48.4 Å². The fraction of sp³-hybridized carbons (Fsp3) is 0.333. The summed E-state index contributed by atoms with van der Waals surface area (Å²) in [5, 5.41) is 13.0. The number of benzene rings is 2. The molecule has 1 heterocycles. The number of carbonyl (C=O) groups is 1. The highest BCUT2D eigenvalue weighted by Gasteiger charge is 2.56. The van der Waals surface area contributed by atoms with E-state index in [2.05, 4.69) is 10.3 Å². The summed E-state index contributed by atoms with van der Waals surface area (Å²) in [6.45, 7) is 1.85. The highest BCUT2D eigenvalue weighted by atomic mass is 35.5. The fourth-order valence-electron chi connectivity index (χ4n) is 5.80. The number of hydrogen-bond acceptors (Lipinski definition) is 5. The molecular formula is C27H24ClF3N2O4S. The monoisotopic (exact) mass is 564 g/mol. The van der Waals surface area contributed by atoms with Crippen LogP contribution in [-0.2, 0) is 15.4 Å². The molecule has 1 aromatic heterocycles. The van der Waals surface area contributed by atoms with E-state index in [1.165, 1.54) is 12.1 Å². The first-order valence-corrected chi connectivity index (χ1v) is 14.0. The van der Waals surface area contributed by atoms with Gasteiger partial charge in [-0.1, -0.05) is 17.7 Å². The Labute approximate surface area is 222 Å². The average Bonchev–Trinajstić information content (AvgIpc) is 3.04. The van der Waals surface area contributed by atoms with Crippen molar-refractivity contribution < 1.29 is 31.5 Å². The summed E-state index contributed by atoms with van der Waals surface area (Å²) in [5.41, 5.74) is -0.123. The molecule has 0 radical (unpaired) electrons. The lowest BCUT2D eigenvalue weighted by molar-refractivity contribution is -0.0649. The van der Waals surface area contributed by atoms with Crippen LogP contribution < -0.4 is 5.32 Å². The Hall–Kier alpha value is -2.95. The van der Waals surface area contributed by atoms with E-state index in [1.54, 1.807) is 6.20 Å². The van der Waals surface area contributed by atoms with Crippen LogP contribution in [0.1, 0.15) is 47.3 Å². The van der Waals surface area contributed by atoms with Crippen molar-refractivity contribution in [2.24, 2.45) is 11.8 Å². The van der Waals surface area contributed by atoms with E-state index in [1.807, 2.05) is 19.1 Å². The van der Waals surface area contributed by atoms with Crippen molar-refractivity contribution in [3.05, 3.63) is 88.0 Å². The number of pyridine rings is 1. The summed E-state index contributed by atoms with van der Waals surface area (Å²) >= 11 is 6.27. The number of hydrogen-bond donors (Lipinski definition) is 2. The normalized spacial score (nSPS) is 24.8. The van der Waals surface area contributed by atoms with Gasteiger partial charge in [0.2, 0.25) is 0 Å². The number of sulfone groups is 1. The number of halogens is 4. The van der Waals surface area contributed by atoms with Gasteiger partial charge in [0.1, 0.15) is 0 Å². The molecule has 0 spiro atoms. The quantitative estimate of drug-likeness (QED) is 0.395. The van der Waals surface area contributed by atoms with Gasteiger partial charge in [0.05, 0.1) is 20.8 Å². The Kier molecular flexibility index (Phi) is 6.77. The summed E-state index contributed by atoms with van der Waals surface area (Å²) in [6.07, 6.45) is 3.41. The van der Waals surface area contributed by atoms with Gasteiger partial charge in [-0.3, -0.25) is 9.78 Å². The molecule has 2 aliphatic rings. The number of carbonyl (C=O) groups excluding carboxylic acids is 1. The zero-order valence-electron chi connectivity index (χ0n) is 20.2. The lowest BCUT2D eigenvalue weighted by atomic mass is 9.71. The van der Waals surface area contributed by atoms with Crippen LogP contribution in [0.2, 0.25) is 5.02 Å². The molecule has 2 aromatic carbocycles. The maximum Gasteiger partial charge on any atom is 0.255 e. The van der Waals surface area contributed by atoms with E-state index in [-0.39, 0.29) is 45.8 Å². The molecule has 3 unspecified atom stereocenters. The van der Waals surface area contributed by atoms with Crippen molar-refractivity contribution in [1.29, 1.82) is 0 Å². The molecule has 5 rings (SSSR count). The summed E-state index contributed by atoms with van der Waals surface area (Å²) in [7, 11) is -4.01. The number of aromatic nitrogens is 1. The van der Waals surface area contributed by atoms with Gasteiger partial charge in [-0.15, -0.1) is 0 Å². The third-order valence-corrected chi connectivity index (χ3v) is 10.4. The summed E-state index contributed by atoms with van der Waals surface area (Å²) in [6, 6.07) is 8.55. The Morgan fingerprint density at radius 1 is 1.05 bits per heavy atom. The van der Waals surface area contributed by atoms with Crippen molar-refractivity contribution in [3.8, 4) is 0 Å². The van der Waals surface area contributed by atoms with Crippen LogP contribution in [0.15, 0.2) is 53.6 Å². The van der Waals surface area contributed by atoms with Crippen molar-refractivity contribution in [3.63, 3.8) is 0 Å². The minimum absolute atomic E-state index is 0.0728. The molecule has 3 aromatic rings. The first-order valence-electron chi connectivity index (χ1n) is 12.1. The smallest absolute Gasteiger partial charge is 0.255 e. The second kappa shape index (κ2) is 9.66. The van der Waals surface area contributed by atoms with Gasteiger partial charge in [-0.05, 0) is 68.7 Å². The van der Waals surface area contributed by atoms with E-state index >= 15 is 0 Å². The van der Waals surface area contributed by atoms with Crippen LogP contribution in [-0.4, -0.2) is 29.7 Å². The first kappa shape index (κ1) is 26.6. The second-order valence-corrected chi connectivity index (χ2v) is 12.6. The molecule has 4 atom stereocenters. The van der Waals surface area contributed by atoms with Gasteiger partial charge in [0, 0.05) is 40.8 Å². The van der Waals surface area contributed by atoms with Gasteiger partial charge in [0.15, 0.2) is 27.3 Å². The number of anilines is 1. The van der Waals surface area contributed by atoms with Crippen LogP contribution in [0.25, 0.3) is 0 Å². The van der Waals surface area contributed by atoms with E-state index in [9.17, 15) is 31.5 Å². The van der Waals surface area contributed by atoms with Crippen LogP contribution in [0.3, 0.4) is 0 Å². The zero-order chi connectivity index (χ0) is 27.4. The molecule has 6 nitrogen and oxygen atoms in total. The summed E-state index contributed by atoms with van der Waals surface area (Å²) in [5.74, 6) is -6.07. The minimum atomic E-state index is -4.01. The first-order chi connectivity index (χ1) is 17.9. The molecule has 0 aliphatic heterocycles. The lowest BCUT2D eigenvalue weighted by Gasteiger charge is -2.42. The molecule has 2 saturated carbocycles. The Balaban J connectivity index is 1.40. The second-order valence-electron chi connectivity index (χ2n) is 9.98. The number of rotatable bonds is 5. The fourth-order valence-corrected chi connectivity index (χ4v) is 8.21. The van der Waals surface area contributed by atoms with Gasteiger partial charge < -0.3 is 10.4 Å². The standard InChI is InChI=1S/C27H24ClF3N2O4S/c1-14-2-4-18(13-32-14)27(35)16-5-6-17(27)10-20(9-16)38(36,37)24-8-15(3-7-21(24)28)26(34)33-19-11-22(29)25(31)23(30)12-19/h2-4,7-8,11-13,16-17,20,35H,5-6,9-10H2,1H3,(H,33,34)/t16-,17?,20?,27?/m0/s1. The highest BCUT2D eigenvalue weighted by Crippen LogP contribution is 2.56. The van der Waals surface area contributed by atoms with Crippen molar-refractivity contribution in [1.82, 2.24) is 4.98 Å². The number of aliphatic hydroxyl groups is 1. The number of fused-ring (bicyclic) bond motifs is 2. The van der Waals surface area contributed by atoms with Crippen LogP contribution in [0.5, 0.6) is 0 Å². The molecule has 38 heavy (non-hydrogen) atoms. The minimum Gasteiger partial charge on any atom is -0.385 e. The SMILES string of the molecule is Cc1ccc(C2(O)C3CC[C@H]2CC(S(=O)(=O)c2cc(C(=O)Nc4cc(F)c(F)c(F)c4)ccc2Cl)C3)cn1. The maximum atomic E-state index is 13.7. The molecule has 2 fully saturated rings. The van der Waals surface area contributed by atoms with E-state index in [4.69, 9.17) is 11.6 Å². The predicted molar refractivity (Wildman–Crippen MR) is 135 cm³/mol. The molecule has 2 aliphatic carbocycles. The third-order valence-electron chi connectivity index (χ3n) is 7.76. The Morgan fingerprint density at radius 3 is 2.26 bits per heavy atom. The largest absolute Gasteiger partial charge is 0.385 e. The van der Waals surface area contributed by atoms with Gasteiger partial charge in [-0.2, -0.15) is 0 Å². The van der Waals surface area contributed by atoms with E-state index in [0.29, 0.717) is 30.5 Å². The predicted octanol–water partition coefficient (Wildman–Crippen LogP) is 5.56. The van der Waals surface area contributed by atoms with Crippen LogP contribution in [0, 0.1) is 36.2 Å². The lowest BCUT2D eigenvalue weighted by Crippen LogP contribution is -2.46. The van der Waals surface area contributed by atoms with Gasteiger partial charge >= 0.3 is 0 Å². The third kappa shape index (κ3) is 4.48. The van der Waals surface area contributed by atoms with Crippen molar-refractivity contribution >= 4 is 33.0 Å². The molecule has 2 N–H and O–H groups in total. The summed E-state index contributed by atoms with van der Waals surface area (Å²) < 4.78 is 67.8. The Morgan fingerprint density at radius 2 is 1.68 bits per heavy atom. The van der Waals surface area contributed by atoms with E-state index < -0.39 is 44.0 Å². The Bertz CT molecular complexity index is 1490. The number of nitrogens with zero attached hydrogens (tertiary/aromatic N) is 1. The number of amides is 1. The molecule has 11 heteroatoms. The van der Waals surface area contributed by atoms with Gasteiger partial charge in [0.25, 0.3) is 5.91 Å². The summed E-state index contributed by atoms with van der Waals surface area (Å²) in [4.78, 5) is 16.8. The molecule has 0 saturated heterocycles. The molecule has 1 amide bonds. The zero-order valence-corrected chi connectivity index (χ0v) is 21.8. The van der Waals surface area contributed by atoms with Gasteiger partial charge in [-0.25, -0.2) is 21.6 Å². The maximum absolute atomic E-state index is 13.7. The molecular weight excluding hydrogens is 541 g/mol. The van der Waals surface area contributed by atoms with Crippen LogP contribution in [0.4, 0.5) is 18.9 Å². The van der Waals surface area contributed by atoms with Crippen molar-refractivity contribution in [2.75, 3.05) is 5.32 Å². The average molecular weight is 565 g/mol. The molecule has 2 bridgehead atoms. The molecule has 200 valence electrons. The topological polar surface area (TPSA) is 96.4 Å².